The zero-order chi connectivity index (χ0) is 21.3. The van der Waals surface area contributed by atoms with Crippen LogP contribution in [0, 0.1) is 15.9 Å². The number of rotatable bonds is 6. The predicted octanol–water partition coefficient (Wildman–Crippen LogP) is 3.90. The summed E-state index contributed by atoms with van der Waals surface area (Å²) >= 11 is 0. The molecule has 0 fully saturated rings. The third kappa shape index (κ3) is 3.52. The number of pyridine rings is 1. The molecule has 3 aromatic rings. The number of nitro benzene ring substituents is 1. The molecule has 0 aliphatic carbocycles. The molecular weight excluding hydrogens is 391 g/mol. The Morgan fingerprint density at radius 3 is 2.70 bits per heavy atom. The Hall–Kier alpha value is -4.01. The van der Waals surface area contributed by atoms with Gasteiger partial charge >= 0.3 is 0 Å². The first-order chi connectivity index (χ1) is 14.5. The fraction of sp³-hybridized carbons (Fsp3) is 0.143. The van der Waals surface area contributed by atoms with Crippen LogP contribution in [0.2, 0.25) is 0 Å². The fourth-order valence-corrected chi connectivity index (χ4v) is 3.39. The number of nitrogens with one attached hydrogen (secondary N) is 1. The molecule has 0 radical (unpaired) electrons. The predicted molar refractivity (Wildman–Crippen MR) is 107 cm³/mol. The summed E-state index contributed by atoms with van der Waals surface area (Å²) in [6.45, 7) is 0.225. The van der Waals surface area contributed by atoms with Gasteiger partial charge in [0.25, 0.3) is 11.6 Å². The monoisotopic (exact) mass is 408 g/mol. The van der Waals surface area contributed by atoms with Gasteiger partial charge in [0.15, 0.2) is 0 Å². The molecular formula is C21H17FN4O4. The molecule has 0 spiro atoms. The summed E-state index contributed by atoms with van der Waals surface area (Å²) < 4.78 is 18.6. The summed E-state index contributed by atoms with van der Waals surface area (Å²) in [5.74, 6) is -0.315. The maximum atomic E-state index is 13.3. The van der Waals surface area contributed by atoms with Gasteiger partial charge in [0, 0.05) is 18.8 Å². The van der Waals surface area contributed by atoms with E-state index < -0.39 is 11.1 Å². The summed E-state index contributed by atoms with van der Waals surface area (Å²) in [7, 11) is 1.41. The lowest BCUT2D eigenvalue weighted by Gasteiger charge is -2.27. The molecule has 1 N–H and O–H groups in total. The van der Waals surface area contributed by atoms with Crippen LogP contribution < -0.4 is 10.1 Å². The van der Waals surface area contributed by atoms with E-state index in [1.54, 1.807) is 35.4 Å². The van der Waals surface area contributed by atoms with Crippen LogP contribution in [-0.4, -0.2) is 27.8 Å². The molecule has 4 rings (SSSR count). The number of aromatic nitrogens is 1. The molecule has 0 unspecified atom stereocenters. The average Bonchev–Trinajstić information content (AvgIpc) is 3.01. The van der Waals surface area contributed by atoms with Crippen LogP contribution in [0.25, 0.3) is 0 Å². The van der Waals surface area contributed by atoms with Gasteiger partial charge in [0.1, 0.15) is 17.7 Å². The molecule has 0 saturated heterocycles. The molecule has 1 amide bonds. The molecule has 2 aromatic carbocycles. The lowest BCUT2D eigenvalue weighted by molar-refractivity contribution is -0.384. The van der Waals surface area contributed by atoms with Crippen LogP contribution >= 0.6 is 0 Å². The standard InChI is InChI=1S/C21H17FN4O4/c1-30-18-11-15(26(28)29)8-9-17(18)24-20-19-16(3-2-10-23-19)21(27)25(20)12-13-4-6-14(22)7-5-13/h2-11,20,24H,12H2,1H3/t20-/m0/s1. The minimum absolute atomic E-state index is 0.110. The van der Waals surface area contributed by atoms with Crippen LogP contribution in [0.15, 0.2) is 60.8 Å². The van der Waals surface area contributed by atoms with Gasteiger partial charge in [0.2, 0.25) is 0 Å². The Labute approximate surface area is 171 Å². The van der Waals surface area contributed by atoms with Crippen molar-refractivity contribution in [2.45, 2.75) is 12.7 Å². The number of benzene rings is 2. The Bertz CT molecular complexity index is 1120. The van der Waals surface area contributed by atoms with E-state index in [-0.39, 0.29) is 29.7 Å². The number of carbonyl (C=O) groups is 1. The molecule has 2 heterocycles. The number of anilines is 1. The highest BCUT2D eigenvalue weighted by atomic mass is 19.1. The summed E-state index contributed by atoms with van der Waals surface area (Å²) in [5.41, 5.74) is 2.10. The van der Waals surface area contributed by atoms with Crippen molar-refractivity contribution in [3.63, 3.8) is 0 Å². The number of carbonyl (C=O) groups excluding carboxylic acids is 1. The molecule has 1 aliphatic heterocycles. The van der Waals surface area contributed by atoms with E-state index in [1.807, 2.05) is 0 Å². The zero-order valence-electron chi connectivity index (χ0n) is 15.9. The molecule has 9 heteroatoms. The quantitative estimate of drug-likeness (QED) is 0.491. The minimum atomic E-state index is -0.630. The average molecular weight is 408 g/mol. The third-order valence-electron chi connectivity index (χ3n) is 4.85. The number of amides is 1. The molecule has 0 saturated carbocycles. The van der Waals surface area contributed by atoms with Crippen LogP contribution in [0.3, 0.4) is 0 Å². The molecule has 1 aromatic heterocycles. The van der Waals surface area contributed by atoms with E-state index in [1.165, 1.54) is 37.4 Å². The number of non-ortho nitro benzene ring substituents is 1. The van der Waals surface area contributed by atoms with E-state index in [0.29, 0.717) is 16.9 Å². The van der Waals surface area contributed by atoms with Crippen LogP contribution in [0.4, 0.5) is 15.8 Å². The van der Waals surface area contributed by atoms with Gasteiger partial charge < -0.3 is 15.0 Å². The number of nitrogens with zero attached hydrogens (tertiary/aromatic N) is 3. The van der Waals surface area contributed by atoms with Crippen molar-refractivity contribution in [1.29, 1.82) is 0 Å². The maximum absolute atomic E-state index is 13.3. The topological polar surface area (TPSA) is 97.6 Å². The van der Waals surface area contributed by atoms with Gasteiger partial charge in [-0.05, 0) is 35.9 Å². The summed E-state index contributed by atoms with van der Waals surface area (Å²) in [5, 5.41) is 14.3. The van der Waals surface area contributed by atoms with Gasteiger partial charge in [-0.2, -0.15) is 0 Å². The molecule has 30 heavy (non-hydrogen) atoms. The zero-order valence-corrected chi connectivity index (χ0v) is 15.9. The second-order valence-corrected chi connectivity index (χ2v) is 6.68. The third-order valence-corrected chi connectivity index (χ3v) is 4.85. The van der Waals surface area contributed by atoms with E-state index in [2.05, 4.69) is 10.3 Å². The van der Waals surface area contributed by atoms with E-state index in [9.17, 15) is 19.3 Å². The second-order valence-electron chi connectivity index (χ2n) is 6.68. The summed E-state index contributed by atoms with van der Waals surface area (Å²) in [6.07, 6.45) is 0.962. The highest BCUT2D eigenvalue weighted by Gasteiger charge is 2.38. The Kier molecular flexibility index (Phi) is 5.01. The summed E-state index contributed by atoms with van der Waals surface area (Å²) in [6, 6.07) is 13.5. The number of methoxy groups -OCH3 is 1. The molecule has 0 bridgehead atoms. The largest absolute Gasteiger partial charge is 0.494 e. The number of hydrogen-bond acceptors (Lipinski definition) is 6. The Morgan fingerprint density at radius 1 is 1.23 bits per heavy atom. The second kappa shape index (κ2) is 7.78. The fourth-order valence-electron chi connectivity index (χ4n) is 3.39. The van der Waals surface area contributed by atoms with Crippen LogP contribution in [0.5, 0.6) is 5.75 Å². The Morgan fingerprint density at radius 2 is 2.00 bits per heavy atom. The number of hydrogen-bond donors (Lipinski definition) is 1. The molecule has 152 valence electrons. The van der Waals surface area contributed by atoms with Crippen molar-refractivity contribution < 1.29 is 18.8 Å². The minimum Gasteiger partial charge on any atom is -0.494 e. The number of nitro groups is 1. The van der Waals surface area contributed by atoms with Crippen LogP contribution in [-0.2, 0) is 6.54 Å². The van der Waals surface area contributed by atoms with Crippen LogP contribution in [0.1, 0.15) is 27.8 Å². The smallest absolute Gasteiger partial charge is 0.273 e. The highest BCUT2D eigenvalue weighted by molar-refractivity contribution is 5.99. The highest BCUT2D eigenvalue weighted by Crippen LogP contribution is 2.37. The molecule has 8 nitrogen and oxygen atoms in total. The summed E-state index contributed by atoms with van der Waals surface area (Å²) in [4.78, 5) is 29.5. The maximum Gasteiger partial charge on any atom is 0.273 e. The molecule has 1 atom stereocenters. The number of fused-ring (bicyclic) bond motifs is 1. The van der Waals surface area contributed by atoms with Gasteiger partial charge in [-0.15, -0.1) is 0 Å². The first kappa shape index (κ1) is 19.3. The van der Waals surface area contributed by atoms with E-state index >= 15 is 0 Å². The van der Waals surface area contributed by atoms with Gasteiger partial charge in [0.05, 0.1) is 35.0 Å². The lowest BCUT2D eigenvalue weighted by atomic mass is 10.2. The van der Waals surface area contributed by atoms with E-state index in [0.717, 1.165) is 5.56 Å². The van der Waals surface area contributed by atoms with Crippen molar-refractivity contribution >= 4 is 17.3 Å². The number of halogens is 1. The van der Waals surface area contributed by atoms with Crippen molar-refractivity contribution in [2.24, 2.45) is 0 Å². The van der Waals surface area contributed by atoms with Crippen molar-refractivity contribution in [3.8, 4) is 5.75 Å². The SMILES string of the molecule is COc1cc([N+](=O)[O-])ccc1N[C@@H]1c2ncccc2C(=O)N1Cc1ccc(F)cc1. The first-order valence-corrected chi connectivity index (χ1v) is 9.07. The van der Waals surface area contributed by atoms with Gasteiger partial charge in [-0.25, -0.2) is 4.39 Å². The van der Waals surface area contributed by atoms with Crippen molar-refractivity contribution in [3.05, 3.63) is 93.5 Å². The van der Waals surface area contributed by atoms with Gasteiger partial charge in [-0.1, -0.05) is 12.1 Å². The van der Waals surface area contributed by atoms with E-state index in [4.69, 9.17) is 4.74 Å². The Balaban J connectivity index is 1.70. The molecule has 1 aliphatic rings. The number of ether oxygens (including phenoxy) is 1. The first-order valence-electron chi connectivity index (χ1n) is 9.07. The normalized spacial score (nSPS) is 15.1. The lowest BCUT2D eigenvalue weighted by Crippen LogP contribution is -2.32. The van der Waals surface area contributed by atoms with Crippen molar-refractivity contribution in [1.82, 2.24) is 9.88 Å². The van der Waals surface area contributed by atoms with Gasteiger partial charge in [-0.3, -0.25) is 19.9 Å². The van der Waals surface area contributed by atoms with Crippen molar-refractivity contribution in [2.75, 3.05) is 12.4 Å².